The van der Waals surface area contributed by atoms with Gasteiger partial charge in [0.25, 0.3) is 11.8 Å². The topological polar surface area (TPSA) is 122 Å². The number of benzene rings is 2. The van der Waals surface area contributed by atoms with E-state index in [2.05, 4.69) is 10.6 Å². The van der Waals surface area contributed by atoms with E-state index in [9.17, 15) is 19.8 Å². The largest absolute Gasteiger partial charge is 0.508 e. The molecule has 0 saturated heterocycles. The summed E-state index contributed by atoms with van der Waals surface area (Å²) in [7, 11) is 0. The van der Waals surface area contributed by atoms with Gasteiger partial charge in [-0.25, -0.2) is 0 Å². The summed E-state index contributed by atoms with van der Waals surface area (Å²) < 4.78 is 0. The van der Waals surface area contributed by atoms with Crippen molar-refractivity contribution < 1.29 is 19.8 Å². The molecule has 0 radical (unpaired) electrons. The van der Waals surface area contributed by atoms with Gasteiger partial charge in [0.2, 0.25) is 0 Å². The molecule has 4 N–H and O–H groups in total. The van der Waals surface area contributed by atoms with Gasteiger partial charge in [0.05, 0.1) is 5.69 Å². The average Bonchev–Trinajstić information content (AvgIpc) is 2.59. The number of nitrogens with one attached hydrogen (secondary N) is 2. The van der Waals surface area contributed by atoms with Crippen molar-refractivity contribution in [2.45, 2.75) is 0 Å². The molecule has 7 heteroatoms. The monoisotopic (exact) mass is 323 g/mol. The van der Waals surface area contributed by atoms with Crippen molar-refractivity contribution >= 4 is 17.5 Å². The van der Waals surface area contributed by atoms with Gasteiger partial charge in [0.1, 0.15) is 23.1 Å². The maximum absolute atomic E-state index is 12.0. The van der Waals surface area contributed by atoms with Gasteiger partial charge in [-0.1, -0.05) is 18.2 Å². The fourth-order valence-corrected chi connectivity index (χ4v) is 1.77. The molecular weight excluding hydrogens is 310 g/mol. The molecule has 2 aromatic rings. The molecule has 120 valence electrons. The summed E-state index contributed by atoms with van der Waals surface area (Å²) in [6.45, 7) is 0. The van der Waals surface area contributed by atoms with Crippen LogP contribution in [-0.4, -0.2) is 22.0 Å². The highest BCUT2D eigenvalue weighted by Crippen LogP contribution is 2.27. The first-order valence-corrected chi connectivity index (χ1v) is 6.81. The Hall–Kier alpha value is -3.79. The molecule has 0 aromatic heterocycles. The van der Waals surface area contributed by atoms with Crippen LogP contribution in [0.3, 0.4) is 0 Å². The van der Waals surface area contributed by atoms with Crippen molar-refractivity contribution in [2.75, 3.05) is 5.32 Å². The number of aromatic hydroxyl groups is 2. The van der Waals surface area contributed by atoms with Crippen LogP contribution in [0.25, 0.3) is 0 Å². The molecule has 0 fully saturated rings. The number of phenolic OH excluding ortho intramolecular Hbond substituents is 2. The van der Waals surface area contributed by atoms with Crippen LogP contribution in [-0.2, 0) is 4.79 Å². The lowest BCUT2D eigenvalue weighted by Crippen LogP contribution is -2.31. The van der Waals surface area contributed by atoms with Gasteiger partial charge in [-0.2, -0.15) is 5.26 Å². The Morgan fingerprint density at radius 2 is 1.79 bits per heavy atom. The number of imide groups is 1. The Morgan fingerprint density at radius 1 is 1.08 bits per heavy atom. The average molecular weight is 323 g/mol. The zero-order valence-corrected chi connectivity index (χ0v) is 12.4. The van der Waals surface area contributed by atoms with Crippen molar-refractivity contribution in [1.82, 2.24) is 5.32 Å². The van der Waals surface area contributed by atoms with Gasteiger partial charge in [-0.3, -0.25) is 14.9 Å². The molecule has 24 heavy (non-hydrogen) atoms. The smallest absolute Gasteiger partial charge is 0.270 e. The summed E-state index contributed by atoms with van der Waals surface area (Å²) in [6.07, 6.45) is 1.03. The second kappa shape index (κ2) is 7.47. The Bertz CT molecular complexity index is 839. The highest BCUT2D eigenvalue weighted by molar-refractivity contribution is 6.11. The lowest BCUT2D eigenvalue weighted by Gasteiger charge is -2.06. The molecule has 2 amide bonds. The number of carbonyl (C=O) groups excluding carboxylic acids is 2. The summed E-state index contributed by atoms with van der Waals surface area (Å²) in [4.78, 5) is 23.8. The van der Waals surface area contributed by atoms with Crippen molar-refractivity contribution in [3.05, 3.63) is 65.9 Å². The molecule has 0 aliphatic carbocycles. The van der Waals surface area contributed by atoms with Gasteiger partial charge in [-0.15, -0.1) is 0 Å². The maximum Gasteiger partial charge on any atom is 0.270 e. The van der Waals surface area contributed by atoms with Gasteiger partial charge in [0.15, 0.2) is 0 Å². The summed E-state index contributed by atoms with van der Waals surface area (Å²) in [5, 5.41) is 32.6. The minimum absolute atomic E-state index is 0.102. The van der Waals surface area contributed by atoms with Crippen molar-refractivity contribution in [2.24, 2.45) is 0 Å². The standard InChI is InChI=1S/C17H13N3O4/c18-9-12(10-19-14-8-13(21)6-7-15(14)22)17(24)20-16(23)11-4-2-1-3-5-11/h1-8,10,19,21-22H,(H,20,23,24). The number of hydrogen-bond donors (Lipinski definition) is 4. The fraction of sp³-hybridized carbons (Fsp3) is 0. The van der Waals surface area contributed by atoms with Crippen LogP contribution in [0, 0.1) is 11.3 Å². The van der Waals surface area contributed by atoms with E-state index in [-0.39, 0.29) is 28.3 Å². The number of amides is 2. The van der Waals surface area contributed by atoms with Crippen LogP contribution in [0.15, 0.2) is 60.3 Å². The molecule has 7 nitrogen and oxygen atoms in total. The SMILES string of the molecule is N#CC(=CNc1cc(O)ccc1O)C(=O)NC(=O)c1ccccc1. The van der Waals surface area contributed by atoms with E-state index in [1.165, 1.54) is 30.3 Å². The zero-order chi connectivity index (χ0) is 17.5. The van der Waals surface area contributed by atoms with Gasteiger partial charge < -0.3 is 15.5 Å². The summed E-state index contributed by atoms with van der Waals surface area (Å²) in [5.41, 5.74) is 0.00804. The van der Waals surface area contributed by atoms with Crippen molar-refractivity contribution in [1.29, 1.82) is 5.26 Å². The third-order valence-corrected chi connectivity index (χ3v) is 2.98. The Balaban J connectivity index is 2.10. The minimum Gasteiger partial charge on any atom is -0.508 e. The molecule has 0 heterocycles. The number of hydrogen-bond acceptors (Lipinski definition) is 6. The Kier molecular flexibility index (Phi) is 5.16. The number of rotatable bonds is 4. The predicted octanol–water partition coefficient (Wildman–Crippen LogP) is 1.87. The Labute approximate surface area is 137 Å². The fourth-order valence-electron chi connectivity index (χ4n) is 1.77. The number of nitriles is 1. The molecule has 0 unspecified atom stereocenters. The second-order valence-electron chi connectivity index (χ2n) is 4.66. The molecule has 2 rings (SSSR count). The lowest BCUT2D eigenvalue weighted by molar-refractivity contribution is -0.116. The van der Waals surface area contributed by atoms with Gasteiger partial charge in [0, 0.05) is 17.8 Å². The maximum atomic E-state index is 12.0. The summed E-state index contributed by atoms with van der Waals surface area (Å²) >= 11 is 0. The van der Waals surface area contributed by atoms with E-state index in [0.717, 1.165) is 6.20 Å². The van der Waals surface area contributed by atoms with E-state index in [0.29, 0.717) is 0 Å². The van der Waals surface area contributed by atoms with E-state index in [4.69, 9.17) is 5.26 Å². The quantitative estimate of drug-likeness (QED) is 0.295. The number of carbonyl (C=O) groups is 2. The van der Waals surface area contributed by atoms with Crippen molar-refractivity contribution in [3.8, 4) is 17.6 Å². The molecule has 0 atom stereocenters. The highest BCUT2D eigenvalue weighted by atomic mass is 16.3. The van der Waals surface area contributed by atoms with E-state index in [1.807, 2.05) is 0 Å². The first-order valence-electron chi connectivity index (χ1n) is 6.81. The predicted molar refractivity (Wildman–Crippen MR) is 86.0 cm³/mol. The van der Waals surface area contributed by atoms with E-state index in [1.54, 1.807) is 24.3 Å². The number of phenols is 2. The second-order valence-corrected chi connectivity index (χ2v) is 4.66. The van der Waals surface area contributed by atoms with Crippen molar-refractivity contribution in [3.63, 3.8) is 0 Å². The lowest BCUT2D eigenvalue weighted by atomic mass is 10.2. The minimum atomic E-state index is -0.890. The molecule has 0 aliphatic rings. The molecule has 0 saturated carbocycles. The van der Waals surface area contributed by atoms with Crippen LogP contribution >= 0.6 is 0 Å². The van der Waals surface area contributed by atoms with Crippen LogP contribution in [0.1, 0.15) is 10.4 Å². The third-order valence-electron chi connectivity index (χ3n) is 2.98. The van der Waals surface area contributed by atoms with E-state index >= 15 is 0 Å². The summed E-state index contributed by atoms with van der Waals surface area (Å²) in [5.74, 6) is -1.81. The molecule has 0 spiro atoms. The van der Waals surface area contributed by atoms with Crippen LogP contribution in [0.5, 0.6) is 11.5 Å². The van der Waals surface area contributed by atoms with Gasteiger partial charge in [-0.05, 0) is 24.3 Å². The first kappa shape index (κ1) is 16.6. The Morgan fingerprint density at radius 3 is 2.46 bits per heavy atom. The first-order chi connectivity index (χ1) is 11.5. The van der Waals surface area contributed by atoms with Crippen LogP contribution in [0.2, 0.25) is 0 Å². The summed E-state index contributed by atoms with van der Waals surface area (Å²) in [6, 6.07) is 13.5. The normalized spacial score (nSPS) is 10.5. The molecule has 2 aromatic carbocycles. The van der Waals surface area contributed by atoms with Crippen LogP contribution < -0.4 is 10.6 Å². The zero-order valence-electron chi connectivity index (χ0n) is 12.4. The molecule has 0 bridgehead atoms. The molecule has 0 aliphatic heterocycles. The van der Waals surface area contributed by atoms with Gasteiger partial charge >= 0.3 is 0 Å². The number of nitrogens with zero attached hydrogens (tertiary/aromatic N) is 1. The highest BCUT2D eigenvalue weighted by Gasteiger charge is 2.14. The third kappa shape index (κ3) is 4.11. The molecular formula is C17H13N3O4. The number of anilines is 1. The van der Waals surface area contributed by atoms with E-state index < -0.39 is 11.8 Å². The van der Waals surface area contributed by atoms with Crippen LogP contribution in [0.4, 0.5) is 5.69 Å².